The highest BCUT2D eigenvalue weighted by molar-refractivity contribution is 7.91. The Bertz CT molecular complexity index is 692. The summed E-state index contributed by atoms with van der Waals surface area (Å²) in [6.07, 6.45) is 3.26. The van der Waals surface area contributed by atoms with Crippen LogP contribution < -0.4 is 0 Å². The van der Waals surface area contributed by atoms with Crippen LogP contribution in [0.2, 0.25) is 0 Å². The van der Waals surface area contributed by atoms with Gasteiger partial charge in [-0.15, -0.1) is 0 Å². The molecule has 0 unspecified atom stereocenters. The molecule has 102 valence electrons. The average molecular weight is 279 g/mol. The Morgan fingerprint density at radius 1 is 1.37 bits per heavy atom. The first-order valence-corrected chi connectivity index (χ1v) is 8.35. The summed E-state index contributed by atoms with van der Waals surface area (Å²) in [7, 11) is -2.79. The number of aryl methyl sites for hydroxylation is 1. The number of pyridine rings is 1. The van der Waals surface area contributed by atoms with Crippen molar-refractivity contribution in [3.8, 4) is 0 Å². The molecule has 1 saturated heterocycles. The van der Waals surface area contributed by atoms with Gasteiger partial charge in [-0.3, -0.25) is 0 Å². The van der Waals surface area contributed by atoms with Gasteiger partial charge in [0.2, 0.25) is 0 Å². The van der Waals surface area contributed by atoms with Crippen LogP contribution >= 0.6 is 0 Å². The molecule has 1 aliphatic rings. The maximum Gasteiger partial charge on any atom is 0.159 e. The number of hydrogen-bond acceptors (Lipinski definition) is 4. The third-order valence-electron chi connectivity index (χ3n) is 3.81. The fourth-order valence-corrected chi connectivity index (χ4v) is 4.26. The SMILES string of the molecule is Cc1nc2cccnc2n1CC1CCS(=O)(=O)CC1. The average Bonchev–Trinajstić information content (AvgIpc) is 2.69. The molecule has 0 aromatic carbocycles. The molecule has 0 radical (unpaired) electrons. The van der Waals surface area contributed by atoms with Crippen molar-refractivity contribution in [3.63, 3.8) is 0 Å². The third kappa shape index (κ3) is 2.49. The maximum atomic E-state index is 11.4. The van der Waals surface area contributed by atoms with E-state index in [2.05, 4.69) is 14.5 Å². The van der Waals surface area contributed by atoms with E-state index in [1.165, 1.54) is 0 Å². The molecule has 19 heavy (non-hydrogen) atoms. The van der Waals surface area contributed by atoms with Crippen LogP contribution in [0.25, 0.3) is 11.2 Å². The normalized spacial score (nSPS) is 19.8. The minimum atomic E-state index is -2.79. The Morgan fingerprint density at radius 3 is 2.84 bits per heavy atom. The Balaban J connectivity index is 1.84. The molecule has 0 spiro atoms. The molecule has 3 rings (SSSR count). The van der Waals surface area contributed by atoms with E-state index in [0.29, 0.717) is 17.4 Å². The minimum Gasteiger partial charge on any atom is -0.313 e. The maximum absolute atomic E-state index is 11.4. The first-order chi connectivity index (χ1) is 9.05. The topological polar surface area (TPSA) is 64.8 Å². The van der Waals surface area contributed by atoms with Crippen LogP contribution in [-0.4, -0.2) is 34.5 Å². The highest BCUT2D eigenvalue weighted by Crippen LogP contribution is 2.23. The van der Waals surface area contributed by atoms with Gasteiger partial charge in [-0.1, -0.05) is 0 Å². The van der Waals surface area contributed by atoms with Gasteiger partial charge < -0.3 is 4.57 Å². The van der Waals surface area contributed by atoms with Crippen molar-refractivity contribution in [2.75, 3.05) is 11.5 Å². The van der Waals surface area contributed by atoms with E-state index in [-0.39, 0.29) is 0 Å². The zero-order valence-electron chi connectivity index (χ0n) is 10.9. The molecule has 2 aromatic heterocycles. The highest BCUT2D eigenvalue weighted by Gasteiger charge is 2.24. The monoisotopic (exact) mass is 279 g/mol. The van der Waals surface area contributed by atoms with Crippen LogP contribution in [0.3, 0.4) is 0 Å². The van der Waals surface area contributed by atoms with Gasteiger partial charge in [0.05, 0.1) is 11.5 Å². The second-order valence-electron chi connectivity index (χ2n) is 5.21. The summed E-state index contributed by atoms with van der Waals surface area (Å²) in [6, 6.07) is 3.84. The van der Waals surface area contributed by atoms with Crippen LogP contribution in [0, 0.1) is 12.8 Å². The lowest BCUT2D eigenvalue weighted by atomic mass is 10.0. The molecule has 0 N–H and O–H groups in total. The predicted molar refractivity (Wildman–Crippen MR) is 73.6 cm³/mol. The molecule has 3 heterocycles. The second kappa shape index (κ2) is 4.59. The van der Waals surface area contributed by atoms with Crippen molar-refractivity contribution in [1.82, 2.24) is 14.5 Å². The number of aromatic nitrogens is 3. The number of fused-ring (bicyclic) bond motifs is 1. The minimum absolute atomic E-state index is 0.316. The van der Waals surface area contributed by atoms with E-state index < -0.39 is 9.84 Å². The summed E-state index contributed by atoms with van der Waals surface area (Å²) >= 11 is 0. The van der Waals surface area contributed by atoms with Crippen molar-refractivity contribution in [2.45, 2.75) is 26.3 Å². The Morgan fingerprint density at radius 2 is 2.11 bits per heavy atom. The zero-order valence-corrected chi connectivity index (χ0v) is 11.7. The van der Waals surface area contributed by atoms with Crippen LogP contribution in [0.5, 0.6) is 0 Å². The first-order valence-electron chi connectivity index (χ1n) is 6.53. The molecule has 1 aliphatic heterocycles. The van der Waals surface area contributed by atoms with Gasteiger partial charge in [-0.25, -0.2) is 18.4 Å². The fourth-order valence-electron chi connectivity index (χ4n) is 2.67. The molecule has 5 nitrogen and oxygen atoms in total. The molecular formula is C13H17N3O2S. The summed E-state index contributed by atoms with van der Waals surface area (Å²) in [6.45, 7) is 2.79. The second-order valence-corrected chi connectivity index (χ2v) is 7.51. The fraction of sp³-hybridized carbons (Fsp3) is 0.538. The largest absolute Gasteiger partial charge is 0.313 e. The molecule has 0 atom stereocenters. The van der Waals surface area contributed by atoms with E-state index in [9.17, 15) is 8.42 Å². The summed E-state index contributed by atoms with van der Waals surface area (Å²) in [4.78, 5) is 8.87. The van der Waals surface area contributed by atoms with Crippen molar-refractivity contribution >= 4 is 21.0 Å². The smallest absolute Gasteiger partial charge is 0.159 e. The summed E-state index contributed by atoms with van der Waals surface area (Å²) in [5.74, 6) is 1.98. The number of hydrogen-bond donors (Lipinski definition) is 0. The lowest BCUT2D eigenvalue weighted by molar-refractivity contribution is 0.404. The third-order valence-corrected chi connectivity index (χ3v) is 5.53. The van der Waals surface area contributed by atoms with Gasteiger partial charge in [-0.05, 0) is 37.8 Å². The molecule has 0 saturated carbocycles. The molecule has 0 amide bonds. The quantitative estimate of drug-likeness (QED) is 0.837. The molecule has 6 heteroatoms. The molecule has 2 aromatic rings. The van der Waals surface area contributed by atoms with Gasteiger partial charge in [0, 0.05) is 12.7 Å². The van der Waals surface area contributed by atoms with Crippen molar-refractivity contribution in [2.24, 2.45) is 5.92 Å². The molecule has 1 fully saturated rings. The van der Waals surface area contributed by atoms with Crippen molar-refractivity contribution in [1.29, 1.82) is 0 Å². The Labute approximate surface area is 112 Å². The van der Waals surface area contributed by atoms with Crippen LogP contribution in [0.1, 0.15) is 18.7 Å². The van der Waals surface area contributed by atoms with Gasteiger partial charge in [0.15, 0.2) is 5.65 Å². The molecular weight excluding hydrogens is 262 g/mol. The predicted octanol–water partition coefficient (Wildman–Crippen LogP) is 1.56. The van der Waals surface area contributed by atoms with Gasteiger partial charge in [0.25, 0.3) is 0 Å². The van der Waals surface area contributed by atoms with E-state index in [0.717, 1.165) is 36.4 Å². The van der Waals surface area contributed by atoms with Crippen LogP contribution in [0.15, 0.2) is 18.3 Å². The van der Waals surface area contributed by atoms with Gasteiger partial charge in [-0.2, -0.15) is 0 Å². The highest BCUT2D eigenvalue weighted by atomic mass is 32.2. The first kappa shape index (κ1) is 12.6. The van der Waals surface area contributed by atoms with Gasteiger partial charge in [0.1, 0.15) is 21.2 Å². The Kier molecular flexibility index (Phi) is 3.05. The van der Waals surface area contributed by atoms with Gasteiger partial charge >= 0.3 is 0 Å². The number of sulfone groups is 1. The summed E-state index contributed by atoms with van der Waals surface area (Å²) in [5, 5.41) is 0. The summed E-state index contributed by atoms with van der Waals surface area (Å²) in [5.41, 5.74) is 1.80. The van der Waals surface area contributed by atoms with Crippen molar-refractivity contribution in [3.05, 3.63) is 24.2 Å². The van der Waals surface area contributed by atoms with E-state index in [4.69, 9.17) is 0 Å². The molecule has 0 bridgehead atoms. The standard InChI is InChI=1S/C13H17N3O2S/c1-10-15-12-3-2-6-14-13(12)16(10)9-11-4-7-19(17,18)8-5-11/h2-3,6,11H,4-5,7-9H2,1H3. The Hall–Kier alpha value is -1.43. The van der Waals surface area contributed by atoms with Crippen LogP contribution in [0.4, 0.5) is 0 Å². The lowest BCUT2D eigenvalue weighted by Crippen LogP contribution is -2.26. The molecule has 0 aliphatic carbocycles. The number of nitrogens with zero attached hydrogens (tertiary/aromatic N) is 3. The van der Waals surface area contributed by atoms with Crippen molar-refractivity contribution < 1.29 is 8.42 Å². The van der Waals surface area contributed by atoms with E-state index >= 15 is 0 Å². The lowest BCUT2D eigenvalue weighted by Gasteiger charge is -2.22. The zero-order chi connectivity index (χ0) is 13.5. The number of imidazole rings is 1. The van der Waals surface area contributed by atoms with Crippen LogP contribution in [-0.2, 0) is 16.4 Å². The van der Waals surface area contributed by atoms with E-state index in [1.807, 2.05) is 19.1 Å². The number of rotatable bonds is 2. The van der Waals surface area contributed by atoms with E-state index in [1.54, 1.807) is 6.20 Å². The summed E-state index contributed by atoms with van der Waals surface area (Å²) < 4.78 is 25.0.